The predicted octanol–water partition coefficient (Wildman–Crippen LogP) is 2.68. The van der Waals surface area contributed by atoms with E-state index in [2.05, 4.69) is 5.32 Å². The summed E-state index contributed by atoms with van der Waals surface area (Å²) >= 11 is 0. The van der Waals surface area contributed by atoms with Gasteiger partial charge in [-0.3, -0.25) is 0 Å². The Morgan fingerprint density at radius 3 is 2.67 bits per heavy atom. The molecule has 0 aromatic heterocycles. The van der Waals surface area contributed by atoms with E-state index in [4.69, 9.17) is 14.2 Å². The van der Waals surface area contributed by atoms with E-state index in [1.807, 2.05) is 32.0 Å². The lowest BCUT2D eigenvalue weighted by Crippen LogP contribution is -2.18. The molecule has 1 aromatic carbocycles. The molecule has 1 aliphatic rings. The van der Waals surface area contributed by atoms with Gasteiger partial charge in [0.15, 0.2) is 11.5 Å². The molecule has 1 unspecified atom stereocenters. The van der Waals surface area contributed by atoms with Crippen LogP contribution >= 0.6 is 0 Å². The molecule has 0 bridgehead atoms. The van der Waals surface area contributed by atoms with E-state index in [0.717, 1.165) is 36.8 Å². The number of nitrogens with one attached hydrogen (secondary N) is 1. The second-order valence-electron chi connectivity index (χ2n) is 4.23. The van der Waals surface area contributed by atoms with Crippen LogP contribution in [0.3, 0.4) is 0 Å². The predicted molar refractivity (Wildman–Crippen MR) is 71.6 cm³/mol. The third-order valence-corrected chi connectivity index (χ3v) is 2.84. The Kier molecular flexibility index (Phi) is 4.70. The Bertz CT molecular complexity index is 375. The quantitative estimate of drug-likeness (QED) is 0.843. The zero-order valence-corrected chi connectivity index (χ0v) is 11.1. The van der Waals surface area contributed by atoms with Gasteiger partial charge in [0.25, 0.3) is 0 Å². The fourth-order valence-corrected chi connectivity index (χ4v) is 2.02. The zero-order valence-electron chi connectivity index (χ0n) is 11.1. The summed E-state index contributed by atoms with van der Waals surface area (Å²) in [5.74, 6) is 1.59. The van der Waals surface area contributed by atoms with Gasteiger partial charge in [-0.25, -0.2) is 0 Å². The largest absolute Gasteiger partial charge is 0.490 e. The van der Waals surface area contributed by atoms with E-state index in [1.54, 1.807) is 0 Å². The SMILES string of the molecule is CCOc1ccc(NC2CCOC2)cc1OCC. The lowest BCUT2D eigenvalue weighted by molar-refractivity contribution is 0.195. The molecule has 1 heterocycles. The maximum atomic E-state index is 5.60. The van der Waals surface area contributed by atoms with Crippen molar-refractivity contribution in [3.8, 4) is 11.5 Å². The summed E-state index contributed by atoms with van der Waals surface area (Å²) in [5, 5.41) is 3.45. The normalized spacial score (nSPS) is 18.7. The van der Waals surface area contributed by atoms with E-state index in [9.17, 15) is 0 Å². The summed E-state index contributed by atoms with van der Waals surface area (Å²) in [6.45, 7) is 6.84. The number of ether oxygens (including phenoxy) is 3. The van der Waals surface area contributed by atoms with Crippen LogP contribution in [0.5, 0.6) is 11.5 Å². The maximum Gasteiger partial charge on any atom is 0.163 e. The van der Waals surface area contributed by atoms with E-state index >= 15 is 0 Å². The minimum Gasteiger partial charge on any atom is -0.490 e. The van der Waals surface area contributed by atoms with Crippen molar-refractivity contribution in [3.63, 3.8) is 0 Å². The van der Waals surface area contributed by atoms with Crippen LogP contribution in [-0.4, -0.2) is 32.5 Å². The molecule has 18 heavy (non-hydrogen) atoms. The molecular formula is C14H21NO3. The Morgan fingerprint density at radius 1 is 1.22 bits per heavy atom. The summed E-state index contributed by atoms with van der Waals surface area (Å²) in [6, 6.07) is 6.36. The Morgan fingerprint density at radius 2 is 2.00 bits per heavy atom. The number of anilines is 1. The molecule has 4 nitrogen and oxygen atoms in total. The molecule has 1 N–H and O–H groups in total. The van der Waals surface area contributed by atoms with Crippen molar-refractivity contribution in [3.05, 3.63) is 18.2 Å². The molecule has 0 amide bonds. The fourth-order valence-electron chi connectivity index (χ4n) is 2.02. The minimum absolute atomic E-state index is 0.400. The van der Waals surface area contributed by atoms with Crippen LogP contribution in [-0.2, 0) is 4.74 Å². The number of hydrogen-bond acceptors (Lipinski definition) is 4. The van der Waals surface area contributed by atoms with Crippen LogP contribution in [0.4, 0.5) is 5.69 Å². The van der Waals surface area contributed by atoms with Crippen molar-refractivity contribution >= 4 is 5.69 Å². The second-order valence-corrected chi connectivity index (χ2v) is 4.23. The average Bonchev–Trinajstić information content (AvgIpc) is 2.86. The third kappa shape index (κ3) is 3.29. The highest BCUT2D eigenvalue weighted by Gasteiger charge is 2.16. The summed E-state index contributed by atoms with van der Waals surface area (Å²) in [7, 11) is 0. The van der Waals surface area contributed by atoms with Gasteiger partial charge in [-0.05, 0) is 32.4 Å². The molecule has 4 heteroatoms. The molecule has 0 spiro atoms. The van der Waals surface area contributed by atoms with Crippen LogP contribution in [0.2, 0.25) is 0 Å². The van der Waals surface area contributed by atoms with Gasteiger partial charge in [0.1, 0.15) is 0 Å². The maximum absolute atomic E-state index is 5.60. The highest BCUT2D eigenvalue weighted by atomic mass is 16.5. The molecule has 1 atom stereocenters. The first-order valence-electron chi connectivity index (χ1n) is 6.57. The summed E-state index contributed by atoms with van der Waals surface area (Å²) < 4.78 is 16.5. The van der Waals surface area contributed by atoms with Gasteiger partial charge < -0.3 is 19.5 Å². The number of benzene rings is 1. The van der Waals surface area contributed by atoms with Crippen molar-refractivity contribution in [2.75, 3.05) is 31.7 Å². The Hall–Kier alpha value is -1.42. The van der Waals surface area contributed by atoms with Gasteiger partial charge in [-0.15, -0.1) is 0 Å². The van der Waals surface area contributed by atoms with Crippen LogP contribution in [0, 0.1) is 0 Å². The van der Waals surface area contributed by atoms with Gasteiger partial charge in [0.2, 0.25) is 0 Å². The van der Waals surface area contributed by atoms with Crippen LogP contribution < -0.4 is 14.8 Å². The molecule has 1 aromatic rings. The first kappa shape index (κ1) is 13.0. The highest BCUT2D eigenvalue weighted by molar-refractivity contribution is 5.55. The molecule has 1 fully saturated rings. The number of rotatable bonds is 6. The first-order chi connectivity index (χ1) is 8.83. The standard InChI is InChI=1S/C14H21NO3/c1-3-17-13-6-5-11(9-14(13)18-4-2)15-12-7-8-16-10-12/h5-6,9,12,15H,3-4,7-8,10H2,1-2H3. The van der Waals surface area contributed by atoms with Gasteiger partial charge in [0, 0.05) is 18.4 Å². The smallest absolute Gasteiger partial charge is 0.163 e. The van der Waals surface area contributed by atoms with Crippen LogP contribution in [0.25, 0.3) is 0 Å². The first-order valence-corrected chi connectivity index (χ1v) is 6.57. The van der Waals surface area contributed by atoms with Crippen molar-refractivity contribution in [1.82, 2.24) is 0 Å². The molecule has 1 saturated heterocycles. The average molecular weight is 251 g/mol. The summed E-state index contributed by atoms with van der Waals surface area (Å²) in [4.78, 5) is 0. The lowest BCUT2D eigenvalue weighted by Gasteiger charge is -2.16. The third-order valence-electron chi connectivity index (χ3n) is 2.84. The van der Waals surface area contributed by atoms with Gasteiger partial charge in [0.05, 0.1) is 25.9 Å². The molecule has 0 aliphatic carbocycles. The van der Waals surface area contributed by atoms with E-state index in [0.29, 0.717) is 19.3 Å². The molecule has 0 saturated carbocycles. The van der Waals surface area contributed by atoms with Crippen molar-refractivity contribution in [2.45, 2.75) is 26.3 Å². The van der Waals surface area contributed by atoms with E-state index in [1.165, 1.54) is 0 Å². The molecule has 100 valence electrons. The van der Waals surface area contributed by atoms with Crippen LogP contribution in [0.15, 0.2) is 18.2 Å². The molecule has 1 aliphatic heterocycles. The molecular weight excluding hydrogens is 230 g/mol. The topological polar surface area (TPSA) is 39.7 Å². The second kappa shape index (κ2) is 6.50. The Labute approximate surface area is 108 Å². The summed E-state index contributed by atoms with van der Waals surface area (Å²) in [6.07, 6.45) is 1.05. The summed E-state index contributed by atoms with van der Waals surface area (Å²) in [5.41, 5.74) is 1.05. The lowest BCUT2D eigenvalue weighted by atomic mass is 10.2. The zero-order chi connectivity index (χ0) is 12.8. The van der Waals surface area contributed by atoms with Gasteiger partial charge in [-0.2, -0.15) is 0 Å². The van der Waals surface area contributed by atoms with Gasteiger partial charge >= 0.3 is 0 Å². The van der Waals surface area contributed by atoms with Crippen LogP contribution in [0.1, 0.15) is 20.3 Å². The van der Waals surface area contributed by atoms with E-state index in [-0.39, 0.29) is 0 Å². The van der Waals surface area contributed by atoms with Gasteiger partial charge in [-0.1, -0.05) is 0 Å². The molecule has 2 rings (SSSR count). The van der Waals surface area contributed by atoms with E-state index < -0.39 is 0 Å². The highest BCUT2D eigenvalue weighted by Crippen LogP contribution is 2.31. The van der Waals surface area contributed by atoms with Crippen molar-refractivity contribution < 1.29 is 14.2 Å². The molecule has 0 radical (unpaired) electrons. The van der Waals surface area contributed by atoms with Crippen molar-refractivity contribution in [1.29, 1.82) is 0 Å². The van der Waals surface area contributed by atoms with Crippen molar-refractivity contribution in [2.24, 2.45) is 0 Å². The number of hydrogen-bond donors (Lipinski definition) is 1. The Balaban J connectivity index is 2.08. The fraction of sp³-hybridized carbons (Fsp3) is 0.571. The minimum atomic E-state index is 0.400. The monoisotopic (exact) mass is 251 g/mol.